The van der Waals surface area contributed by atoms with Gasteiger partial charge in [-0.2, -0.15) is 0 Å². The highest BCUT2D eigenvalue weighted by atomic mass is 35.5. The normalized spacial score (nSPS) is 15.3. The van der Waals surface area contributed by atoms with E-state index < -0.39 is 0 Å². The standard InChI is InChI=1S/C12H12ClN3OS/c13-8-3-4-9-10(7-8)18-11(14-9)15-12(17)16-5-1-2-6-16/h3-4,7H,1-2,5-6H2,(H,14,15,17). The average molecular weight is 282 g/mol. The summed E-state index contributed by atoms with van der Waals surface area (Å²) in [6.45, 7) is 1.67. The molecular formula is C12H12ClN3OS. The number of aromatic nitrogens is 1. The molecule has 1 fully saturated rings. The summed E-state index contributed by atoms with van der Waals surface area (Å²) in [6.07, 6.45) is 2.17. The van der Waals surface area contributed by atoms with Crippen molar-refractivity contribution in [2.45, 2.75) is 12.8 Å². The molecule has 1 saturated heterocycles. The summed E-state index contributed by atoms with van der Waals surface area (Å²) in [4.78, 5) is 18.1. The van der Waals surface area contributed by atoms with Gasteiger partial charge in [-0.15, -0.1) is 0 Å². The summed E-state index contributed by atoms with van der Waals surface area (Å²) in [6, 6.07) is 5.47. The number of likely N-dealkylation sites (tertiary alicyclic amines) is 1. The number of fused-ring (bicyclic) bond motifs is 1. The van der Waals surface area contributed by atoms with Crippen LogP contribution in [0.4, 0.5) is 9.93 Å². The summed E-state index contributed by atoms with van der Waals surface area (Å²) in [5.41, 5.74) is 0.862. The summed E-state index contributed by atoms with van der Waals surface area (Å²) < 4.78 is 0.985. The van der Waals surface area contributed by atoms with Gasteiger partial charge >= 0.3 is 6.03 Å². The van der Waals surface area contributed by atoms with Gasteiger partial charge in [0.15, 0.2) is 5.13 Å². The van der Waals surface area contributed by atoms with Crippen molar-refractivity contribution in [3.63, 3.8) is 0 Å². The van der Waals surface area contributed by atoms with Crippen molar-refractivity contribution < 1.29 is 4.79 Å². The van der Waals surface area contributed by atoms with Crippen molar-refractivity contribution in [1.82, 2.24) is 9.88 Å². The highest BCUT2D eigenvalue weighted by Gasteiger charge is 2.18. The number of nitrogens with one attached hydrogen (secondary N) is 1. The van der Waals surface area contributed by atoms with E-state index in [9.17, 15) is 4.79 Å². The Bertz CT molecular complexity index is 592. The maximum absolute atomic E-state index is 11.9. The highest BCUT2D eigenvalue weighted by molar-refractivity contribution is 7.22. The third kappa shape index (κ3) is 2.28. The van der Waals surface area contributed by atoms with Crippen LogP contribution in [0.3, 0.4) is 0 Å². The Kier molecular flexibility index (Phi) is 3.09. The predicted molar refractivity (Wildman–Crippen MR) is 74.5 cm³/mol. The van der Waals surface area contributed by atoms with Gasteiger partial charge in [0.2, 0.25) is 0 Å². The number of hydrogen-bond acceptors (Lipinski definition) is 3. The molecule has 0 unspecified atom stereocenters. The number of halogens is 1. The molecule has 3 rings (SSSR count). The number of rotatable bonds is 1. The van der Waals surface area contributed by atoms with Crippen molar-refractivity contribution in [2.24, 2.45) is 0 Å². The van der Waals surface area contributed by atoms with Crippen molar-refractivity contribution in [3.8, 4) is 0 Å². The van der Waals surface area contributed by atoms with Gasteiger partial charge in [-0.25, -0.2) is 9.78 Å². The number of carbonyl (C=O) groups is 1. The summed E-state index contributed by atoms with van der Waals surface area (Å²) in [7, 11) is 0. The van der Waals surface area contributed by atoms with Crippen LogP contribution in [-0.4, -0.2) is 29.0 Å². The van der Waals surface area contributed by atoms with Gasteiger partial charge < -0.3 is 4.90 Å². The summed E-state index contributed by atoms with van der Waals surface area (Å²) >= 11 is 7.36. The zero-order valence-corrected chi connectivity index (χ0v) is 11.2. The maximum Gasteiger partial charge on any atom is 0.323 e. The van der Waals surface area contributed by atoms with Crippen molar-refractivity contribution in [3.05, 3.63) is 23.2 Å². The zero-order valence-electron chi connectivity index (χ0n) is 9.65. The molecule has 0 aliphatic carbocycles. The van der Waals surface area contributed by atoms with E-state index in [1.807, 2.05) is 17.0 Å². The SMILES string of the molecule is O=C(Nc1nc2ccc(Cl)cc2s1)N1CCCC1. The van der Waals surface area contributed by atoms with Crippen LogP contribution in [0.25, 0.3) is 10.2 Å². The third-order valence-electron chi connectivity index (χ3n) is 2.96. The van der Waals surface area contributed by atoms with Gasteiger partial charge in [0.1, 0.15) is 0 Å². The minimum atomic E-state index is -0.0577. The Morgan fingerprint density at radius 1 is 1.39 bits per heavy atom. The number of carbonyl (C=O) groups excluding carboxylic acids is 1. The molecule has 6 heteroatoms. The second-order valence-corrected chi connectivity index (χ2v) is 5.72. The fourth-order valence-corrected chi connectivity index (χ4v) is 3.17. The quantitative estimate of drug-likeness (QED) is 0.868. The molecule has 0 radical (unpaired) electrons. The molecule has 0 atom stereocenters. The lowest BCUT2D eigenvalue weighted by molar-refractivity contribution is 0.222. The molecule has 2 aromatic rings. The first-order valence-corrected chi connectivity index (χ1v) is 7.04. The second kappa shape index (κ2) is 4.74. The van der Waals surface area contributed by atoms with Crippen LogP contribution in [0.2, 0.25) is 5.02 Å². The number of urea groups is 1. The Balaban J connectivity index is 1.79. The Labute approximate surface area is 114 Å². The van der Waals surface area contributed by atoms with Gasteiger partial charge in [0.05, 0.1) is 10.2 Å². The first-order chi connectivity index (χ1) is 8.72. The molecule has 94 valence electrons. The molecule has 1 N–H and O–H groups in total. The van der Waals surface area contributed by atoms with Crippen LogP contribution >= 0.6 is 22.9 Å². The molecule has 2 heterocycles. The maximum atomic E-state index is 11.9. The number of benzene rings is 1. The number of thiazole rings is 1. The lowest BCUT2D eigenvalue weighted by atomic mass is 10.3. The predicted octanol–water partition coefficient (Wildman–Crippen LogP) is 3.58. The topological polar surface area (TPSA) is 45.2 Å². The van der Waals surface area contributed by atoms with Gasteiger partial charge in [0.25, 0.3) is 0 Å². The first-order valence-electron chi connectivity index (χ1n) is 5.84. The first kappa shape index (κ1) is 11.7. The van der Waals surface area contributed by atoms with Crippen LogP contribution in [0.15, 0.2) is 18.2 Å². The molecule has 4 nitrogen and oxygen atoms in total. The number of hydrogen-bond donors (Lipinski definition) is 1. The van der Waals surface area contributed by atoms with Crippen LogP contribution in [-0.2, 0) is 0 Å². The molecule has 0 saturated carbocycles. The third-order valence-corrected chi connectivity index (χ3v) is 4.13. The van der Waals surface area contributed by atoms with E-state index in [2.05, 4.69) is 10.3 Å². The van der Waals surface area contributed by atoms with E-state index in [1.165, 1.54) is 11.3 Å². The highest BCUT2D eigenvalue weighted by Crippen LogP contribution is 2.28. The molecule has 1 aliphatic rings. The zero-order chi connectivity index (χ0) is 12.5. The van der Waals surface area contributed by atoms with E-state index >= 15 is 0 Å². The van der Waals surface area contributed by atoms with Gasteiger partial charge in [-0.05, 0) is 31.0 Å². The van der Waals surface area contributed by atoms with E-state index in [1.54, 1.807) is 6.07 Å². The van der Waals surface area contributed by atoms with Crippen molar-refractivity contribution in [2.75, 3.05) is 18.4 Å². The number of anilines is 1. The summed E-state index contributed by atoms with van der Waals surface area (Å²) in [5, 5.41) is 4.16. The molecule has 1 aliphatic heterocycles. The lowest BCUT2D eigenvalue weighted by Gasteiger charge is -2.14. The Morgan fingerprint density at radius 3 is 2.94 bits per heavy atom. The van der Waals surface area contributed by atoms with Crippen molar-refractivity contribution >= 4 is 44.3 Å². The van der Waals surface area contributed by atoms with Gasteiger partial charge in [0, 0.05) is 18.1 Å². The number of nitrogens with zero attached hydrogens (tertiary/aromatic N) is 2. The molecule has 2 amide bonds. The Morgan fingerprint density at radius 2 is 2.17 bits per heavy atom. The minimum absolute atomic E-state index is 0.0577. The monoisotopic (exact) mass is 281 g/mol. The fraction of sp³-hybridized carbons (Fsp3) is 0.333. The lowest BCUT2D eigenvalue weighted by Crippen LogP contribution is -2.32. The molecule has 1 aromatic heterocycles. The van der Waals surface area contributed by atoms with Crippen LogP contribution in [0.1, 0.15) is 12.8 Å². The Hall–Kier alpha value is -1.33. The van der Waals surface area contributed by atoms with Gasteiger partial charge in [-0.1, -0.05) is 22.9 Å². The largest absolute Gasteiger partial charge is 0.324 e. The van der Waals surface area contributed by atoms with E-state index in [0.29, 0.717) is 10.2 Å². The fourth-order valence-electron chi connectivity index (χ4n) is 2.04. The molecule has 18 heavy (non-hydrogen) atoms. The van der Waals surface area contributed by atoms with Crippen LogP contribution in [0, 0.1) is 0 Å². The minimum Gasteiger partial charge on any atom is -0.324 e. The smallest absolute Gasteiger partial charge is 0.323 e. The second-order valence-electron chi connectivity index (χ2n) is 4.26. The average Bonchev–Trinajstić information content (AvgIpc) is 2.95. The molecule has 0 spiro atoms. The summed E-state index contributed by atoms with van der Waals surface area (Å²) in [5.74, 6) is 0. The van der Waals surface area contributed by atoms with Crippen molar-refractivity contribution in [1.29, 1.82) is 0 Å². The molecule has 0 bridgehead atoms. The number of amides is 2. The van der Waals surface area contributed by atoms with E-state index in [-0.39, 0.29) is 6.03 Å². The molecule has 1 aromatic carbocycles. The van der Waals surface area contributed by atoms with E-state index in [4.69, 9.17) is 11.6 Å². The van der Waals surface area contributed by atoms with E-state index in [0.717, 1.165) is 36.1 Å². The van der Waals surface area contributed by atoms with Gasteiger partial charge in [-0.3, -0.25) is 5.32 Å². The molecular weight excluding hydrogens is 270 g/mol. The van der Waals surface area contributed by atoms with Crippen LogP contribution in [0.5, 0.6) is 0 Å². The van der Waals surface area contributed by atoms with Crippen LogP contribution < -0.4 is 5.32 Å².